The fraction of sp³-hybridized carbons (Fsp3) is 0.417. The van der Waals surface area contributed by atoms with Crippen molar-refractivity contribution in [1.82, 2.24) is 5.32 Å². The summed E-state index contributed by atoms with van der Waals surface area (Å²) in [6.07, 6.45) is 2.97. The van der Waals surface area contributed by atoms with Crippen LogP contribution in [0.1, 0.15) is 23.7 Å². The summed E-state index contributed by atoms with van der Waals surface area (Å²) < 4.78 is 0.752. The molecule has 1 amide bonds. The Kier molecular flexibility index (Phi) is 5.85. The van der Waals surface area contributed by atoms with Crippen LogP contribution in [0.25, 0.3) is 0 Å². The van der Waals surface area contributed by atoms with Gasteiger partial charge in [-0.3, -0.25) is 4.79 Å². The minimum Gasteiger partial charge on any atom is -0.507 e. The maximum Gasteiger partial charge on any atom is 0.255 e. The molecule has 0 aliphatic carbocycles. The van der Waals surface area contributed by atoms with Gasteiger partial charge in [0.05, 0.1) is 5.56 Å². The lowest BCUT2D eigenvalue weighted by Gasteiger charge is -2.10. The van der Waals surface area contributed by atoms with Crippen LogP contribution in [0.4, 0.5) is 0 Å². The van der Waals surface area contributed by atoms with Gasteiger partial charge < -0.3 is 10.4 Å². The Labute approximate surface area is 114 Å². The Morgan fingerprint density at radius 3 is 2.88 bits per heavy atom. The van der Waals surface area contributed by atoms with E-state index in [1.807, 2.05) is 6.26 Å². The molecule has 5 heteroatoms. The summed E-state index contributed by atoms with van der Waals surface area (Å²) in [4.78, 5) is 11.8. The molecule has 94 valence electrons. The first-order valence-corrected chi connectivity index (χ1v) is 7.42. The Morgan fingerprint density at radius 1 is 1.59 bits per heavy atom. The van der Waals surface area contributed by atoms with Crippen LogP contribution in [0.15, 0.2) is 22.7 Å². The van der Waals surface area contributed by atoms with Gasteiger partial charge in [-0.15, -0.1) is 0 Å². The highest BCUT2D eigenvalue weighted by Gasteiger charge is 2.11. The smallest absolute Gasteiger partial charge is 0.255 e. The summed E-state index contributed by atoms with van der Waals surface area (Å²) in [6.45, 7) is 2.74. The van der Waals surface area contributed by atoms with Crippen molar-refractivity contribution >= 4 is 33.6 Å². The Balaban J connectivity index is 2.52. The van der Waals surface area contributed by atoms with Gasteiger partial charge in [-0.2, -0.15) is 11.8 Å². The summed E-state index contributed by atoms with van der Waals surface area (Å²) in [7, 11) is 0. The van der Waals surface area contributed by atoms with Crippen LogP contribution in [0.3, 0.4) is 0 Å². The molecule has 0 saturated carbocycles. The molecule has 0 aliphatic rings. The number of hydrogen-bond acceptors (Lipinski definition) is 3. The summed E-state index contributed by atoms with van der Waals surface area (Å²) in [5, 5.41) is 12.9. The first kappa shape index (κ1) is 14.4. The van der Waals surface area contributed by atoms with E-state index in [9.17, 15) is 9.90 Å². The molecule has 1 rings (SSSR count). The monoisotopic (exact) mass is 317 g/mol. The van der Waals surface area contributed by atoms with Crippen LogP contribution in [-0.4, -0.2) is 29.1 Å². The number of phenols is 1. The maximum absolute atomic E-state index is 11.8. The molecule has 0 saturated heterocycles. The average Bonchev–Trinajstić information content (AvgIpc) is 2.28. The molecule has 0 radical (unpaired) electrons. The number of thioether (sulfide) groups is 1. The predicted octanol–water partition coefficient (Wildman–Crippen LogP) is 3.03. The second kappa shape index (κ2) is 6.91. The fourth-order valence-corrected chi connectivity index (χ4v) is 2.00. The van der Waals surface area contributed by atoms with Gasteiger partial charge in [0.1, 0.15) is 5.75 Å². The van der Waals surface area contributed by atoms with E-state index in [4.69, 9.17) is 0 Å². The van der Waals surface area contributed by atoms with Gasteiger partial charge in [0, 0.05) is 16.3 Å². The SMILES string of the molecule is CSC(C)CCNC(=O)c1ccc(Br)cc1O. The van der Waals surface area contributed by atoms with Crippen molar-refractivity contribution in [2.45, 2.75) is 18.6 Å². The van der Waals surface area contributed by atoms with Gasteiger partial charge in [-0.25, -0.2) is 0 Å². The molecule has 3 nitrogen and oxygen atoms in total. The summed E-state index contributed by atoms with van der Waals surface area (Å²) in [5.74, 6) is -0.238. The van der Waals surface area contributed by atoms with Crippen LogP contribution >= 0.6 is 27.7 Å². The molecule has 0 heterocycles. The second-order valence-corrected chi connectivity index (χ2v) is 5.94. The first-order chi connectivity index (χ1) is 8.04. The number of rotatable bonds is 5. The molecular weight excluding hydrogens is 302 g/mol. The number of halogens is 1. The van der Waals surface area contributed by atoms with Crippen molar-refractivity contribution in [2.75, 3.05) is 12.8 Å². The maximum atomic E-state index is 11.8. The Hall–Kier alpha value is -0.680. The zero-order valence-corrected chi connectivity index (χ0v) is 12.3. The minimum absolute atomic E-state index is 0.00482. The predicted molar refractivity (Wildman–Crippen MR) is 75.7 cm³/mol. The lowest BCUT2D eigenvalue weighted by molar-refractivity contribution is 0.0950. The number of nitrogens with one attached hydrogen (secondary N) is 1. The highest BCUT2D eigenvalue weighted by atomic mass is 79.9. The van der Waals surface area contributed by atoms with Crippen molar-refractivity contribution in [2.24, 2.45) is 0 Å². The number of phenolic OH excluding ortho intramolecular Hbond substituents is 1. The molecule has 0 bridgehead atoms. The summed E-state index contributed by atoms with van der Waals surface area (Å²) in [6, 6.07) is 4.85. The van der Waals surface area contributed by atoms with Crippen LogP contribution in [0.5, 0.6) is 5.75 Å². The molecule has 1 aromatic carbocycles. The number of hydrogen-bond donors (Lipinski definition) is 2. The lowest BCUT2D eigenvalue weighted by Crippen LogP contribution is -2.26. The Bertz CT molecular complexity index is 398. The van der Waals surface area contributed by atoms with Gasteiger partial charge in [0.15, 0.2) is 0 Å². The van der Waals surface area contributed by atoms with E-state index in [0.29, 0.717) is 17.4 Å². The van der Waals surface area contributed by atoms with E-state index in [1.54, 1.807) is 23.9 Å². The third-order valence-corrected chi connectivity index (χ3v) is 3.98. The van der Waals surface area contributed by atoms with Gasteiger partial charge in [-0.05, 0) is 30.9 Å². The Morgan fingerprint density at radius 2 is 2.29 bits per heavy atom. The highest BCUT2D eigenvalue weighted by molar-refractivity contribution is 9.10. The quantitative estimate of drug-likeness (QED) is 0.877. The van der Waals surface area contributed by atoms with Gasteiger partial charge in [0.2, 0.25) is 0 Å². The largest absolute Gasteiger partial charge is 0.507 e. The van der Waals surface area contributed by atoms with Gasteiger partial charge in [-0.1, -0.05) is 22.9 Å². The standard InChI is InChI=1S/C12H16BrNO2S/c1-8(17-2)5-6-14-12(16)10-4-3-9(13)7-11(10)15/h3-4,7-8,15H,5-6H2,1-2H3,(H,14,16). The van der Waals surface area contributed by atoms with Crippen LogP contribution < -0.4 is 5.32 Å². The number of benzene rings is 1. The van der Waals surface area contributed by atoms with Crippen molar-refractivity contribution in [3.8, 4) is 5.75 Å². The minimum atomic E-state index is -0.233. The van der Waals surface area contributed by atoms with E-state index in [2.05, 4.69) is 28.2 Å². The van der Waals surface area contributed by atoms with Crippen LogP contribution in [-0.2, 0) is 0 Å². The van der Waals surface area contributed by atoms with E-state index >= 15 is 0 Å². The lowest BCUT2D eigenvalue weighted by atomic mass is 10.2. The molecule has 1 unspecified atom stereocenters. The normalized spacial score (nSPS) is 12.2. The molecule has 0 fully saturated rings. The molecule has 1 atom stereocenters. The second-order valence-electron chi connectivity index (χ2n) is 3.75. The summed E-state index contributed by atoms with van der Waals surface area (Å²) >= 11 is 5.00. The van der Waals surface area contributed by atoms with E-state index < -0.39 is 0 Å². The topological polar surface area (TPSA) is 49.3 Å². The zero-order valence-electron chi connectivity index (χ0n) is 9.87. The van der Waals surface area contributed by atoms with E-state index in [1.165, 1.54) is 6.07 Å². The summed E-state index contributed by atoms with van der Waals surface area (Å²) in [5.41, 5.74) is 0.310. The zero-order chi connectivity index (χ0) is 12.8. The van der Waals surface area contributed by atoms with Crippen molar-refractivity contribution in [3.05, 3.63) is 28.2 Å². The number of carbonyl (C=O) groups is 1. The first-order valence-electron chi connectivity index (χ1n) is 5.34. The highest BCUT2D eigenvalue weighted by Crippen LogP contribution is 2.22. The third-order valence-electron chi connectivity index (χ3n) is 2.44. The number of amides is 1. The van der Waals surface area contributed by atoms with Gasteiger partial charge >= 0.3 is 0 Å². The van der Waals surface area contributed by atoms with Crippen LogP contribution in [0.2, 0.25) is 0 Å². The van der Waals surface area contributed by atoms with E-state index in [0.717, 1.165) is 10.9 Å². The van der Waals surface area contributed by atoms with Crippen molar-refractivity contribution in [1.29, 1.82) is 0 Å². The molecule has 0 aromatic heterocycles. The van der Waals surface area contributed by atoms with Crippen LogP contribution in [0, 0.1) is 0 Å². The van der Waals surface area contributed by atoms with Gasteiger partial charge in [0.25, 0.3) is 5.91 Å². The molecule has 0 aliphatic heterocycles. The molecule has 1 aromatic rings. The molecular formula is C12H16BrNO2S. The molecule has 0 spiro atoms. The third kappa shape index (κ3) is 4.60. The number of aromatic hydroxyl groups is 1. The molecule has 2 N–H and O–H groups in total. The van der Waals surface area contributed by atoms with E-state index in [-0.39, 0.29) is 11.7 Å². The molecule has 17 heavy (non-hydrogen) atoms. The van der Waals surface area contributed by atoms with Crippen molar-refractivity contribution in [3.63, 3.8) is 0 Å². The van der Waals surface area contributed by atoms with Crippen molar-refractivity contribution < 1.29 is 9.90 Å². The average molecular weight is 318 g/mol. The fourth-order valence-electron chi connectivity index (χ4n) is 1.30. The number of carbonyl (C=O) groups excluding carboxylic acids is 1.